The number of aryl methyl sites for hydroxylation is 1. The fraction of sp³-hybridized carbons (Fsp3) is 0.0769. The summed E-state index contributed by atoms with van der Waals surface area (Å²) in [7, 11) is -3.94. The maximum absolute atomic E-state index is 13.4. The largest absolute Gasteiger partial charge is 0.395 e. The lowest BCUT2D eigenvalue weighted by atomic mass is 10.2. The van der Waals surface area contributed by atoms with Crippen molar-refractivity contribution in [2.45, 2.75) is 11.8 Å². The van der Waals surface area contributed by atoms with E-state index in [-0.39, 0.29) is 4.90 Å². The second-order valence-corrected chi connectivity index (χ2v) is 6.84. The zero-order valence-corrected chi connectivity index (χ0v) is 12.9. The van der Waals surface area contributed by atoms with Crippen molar-refractivity contribution < 1.29 is 12.8 Å². The van der Waals surface area contributed by atoms with Crippen LogP contribution in [0.15, 0.2) is 45.8 Å². The van der Waals surface area contributed by atoms with Gasteiger partial charge >= 0.3 is 0 Å². The average molecular weight is 359 g/mol. The van der Waals surface area contributed by atoms with E-state index in [0.29, 0.717) is 5.69 Å². The Labute approximate surface area is 125 Å². The topological polar surface area (TPSA) is 72.2 Å². The maximum atomic E-state index is 13.4. The first-order chi connectivity index (χ1) is 9.29. The van der Waals surface area contributed by atoms with Crippen molar-refractivity contribution in [3.63, 3.8) is 0 Å². The number of nitrogen functional groups attached to an aromatic ring is 1. The number of nitrogens with one attached hydrogen (secondary N) is 1. The summed E-state index contributed by atoms with van der Waals surface area (Å²) in [5.41, 5.74) is 6.34. The van der Waals surface area contributed by atoms with Gasteiger partial charge in [-0.3, -0.25) is 4.72 Å². The van der Waals surface area contributed by atoms with Gasteiger partial charge in [0.2, 0.25) is 0 Å². The molecule has 3 N–H and O–H groups in total. The molecule has 0 fully saturated rings. The highest BCUT2D eigenvalue weighted by atomic mass is 79.9. The van der Waals surface area contributed by atoms with Gasteiger partial charge in [0.25, 0.3) is 10.0 Å². The van der Waals surface area contributed by atoms with Gasteiger partial charge in [-0.05, 0) is 42.8 Å². The van der Waals surface area contributed by atoms with Crippen LogP contribution in [0.2, 0.25) is 0 Å². The van der Waals surface area contributed by atoms with Crippen molar-refractivity contribution in [1.82, 2.24) is 0 Å². The number of hydrogen-bond donors (Lipinski definition) is 2. The number of nitrogens with two attached hydrogens (primary N) is 1. The Morgan fingerprint density at radius 3 is 2.60 bits per heavy atom. The summed E-state index contributed by atoms with van der Waals surface area (Å²) in [4.78, 5) is -0.282. The number of hydrogen-bond acceptors (Lipinski definition) is 3. The predicted molar refractivity (Wildman–Crippen MR) is 80.5 cm³/mol. The second-order valence-electron chi connectivity index (χ2n) is 4.27. The van der Waals surface area contributed by atoms with Crippen LogP contribution in [0, 0.1) is 12.7 Å². The van der Waals surface area contributed by atoms with Gasteiger partial charge in [0.1, 0.15) is 10.7 Å². The number of anilines is 2. The summed E-state index contributed by atoms with van der Waals surface area (Å²) in [5.74, 6) is -0.765. The van der Waals surface area contributed by atoms with Crippen LogP contribution in [0.5, 0.6) is 0 Å². The fourth-order valence-corrected chi connectivity index (χ4v) is 3.55. The molecule has 4 nitrogen and oxygen atoms in total. The summed E-state index contributed by atoms with van der Waals surface area (Å²) >= 11 is 3.28. The van der Waals surface area contributed by atoms with E-state index in [1.54, 1.807) is 12.1 Å². The molecule has 0 heterocycles. The van der Waals surface area contributed by atoms with Crippen LogP contribution in [-0.2, 0) is 10.0 Å². The Morgan fingerprint density at radius 1 is 1.25 bits per heavy atom. The zero-order valence-electron chi connectivity index (χ0n) is 10.5. The van der Waals surface area contributed by atoms with Gasteiger partial charge in [0, 0.05) is 4.47 Å². The van der Waals surface area contributed by atoms with Crippen LogP contribution in [0.25, 0.3) is 0 Å². The minimum atomic E-state index is -3.94. The molecule has 0 saturated heterocycles. The molecule has 0 spiro atoms. The van der Waals surface area contributed by atoms with E-state index in [9.17, 15) is 12.8 Å². The van der Waals surface area contributed by atoms with Gasteiger partial charge in [-0.15, -0.1) is 0 Å². The molecule has 0 bridgehead atoms. The van der Waals surface area contributed by atoms with E-state index in [2.05, 4.69) is 20.7 Å². The van der Waals surface area contributed by atoms with Gasteiger partial charge in [0.15, 0.2) is 0 Å². The molecule has 0 radical (unpaired) electrons. The van der Waals surface area contributed by atoms with Crippen LogP contribution in [0.4, 0.5) is 15.8 Å². The van der Waals surface area contributed by atoms with E-state index in [1.807, 2.05) is 13.0 Å². The molecule has 0 aliphatic rings. The maximum Gasteiger partial charge on any atom is 0.264 e. The molecule has 0 saturated carbocycles. The first-order valence-electron chi connectivity index (χ1n) is 5.63. The molecule has 20 heavy (non-hydrogen) atoms. The molecule has 0 aliphatic carbocycles. The highest BCUT2D eigenvalue weighted by Crippen LogP contribution is 2.25. The van der Waals surface area contributed by atoms with E-state index in [4.69, 9.17) is 5.73 Å². The van der Waals surface area contributed by atoms with Gasteiger partial charge in [0.05, 0.1) is 11.4 Å². The lowest BCUT2D eigenvalue weighted by molar-refractivity contribution is 0.597. The third-order valence-electron chi connectivity index (χ3n) is 2.60. The quantitative estimate of drug-likeness (QED) is 0.827. The van der Waals surface area contributed by atoms with Crippen LogP contribution in [0.3, 0.4) is 0 Å². The van der Waals surface area contributed by atoms with Crippen LogP contribution in [-0.4, -0.2) is 8.42 Å². The molecule has 2 rings (SSSR count). The van der Waals surface area contributed by atoms with E-state index in [1.165, 1.54) is 12.1 Å². The van der Waals surface area contributed by atoms with Gasteiger partial charge in [-0.25, -0.2) is 12.8 Å². The first kappa shape index (κ1) is 14.8. The Hall–Kier alpha value is -1.60. The number of para-hydroxylation sites is 1. The summed E-state index contributed by atoms with van der Waals surface area (Å²) in [6.07, 6.45) is 0. The van der Waals surface area contributed by atoms with E-state index >= 15 is 0 Å². The van der Waals surface area contributed by atoms with Crippen molar-refractivity contribution in [2.24, 2.45) is 0 Å². The van der Waals surface area contributed by atoms with Gasteiger partial charge < -0.3 is 5.73 Å². The monoisotopic (exact) mass is 358 g/mol. The van der Waals surface area contributed by atoms with Crippen LogP contribution >= 0.6 is 15.9 Å². The third-order valence-corrected chi connectivity index (χ3v) is 4.49. The SMILES string of the molecule is Cc1cc(Br)cc(NS(=O)(=O)c2cccc(F)c2N)c1. The summed E-state index contributed by atoms with van der Waals surface area (Å²) in [5, 5.41) is 0. The summed E-state index contributed by atoms with van der Waals surface area (Å²) in [6, 6.07) is 8.78. The lowest BCUT2D eigenvalue weighted by Crippen LogP contribution is -2.15. The standard InChI is InChI=1S/C13H12BrFN2O2S/c1-8-5-9(14)7-10(6-8)17-20(18,19)12-4-2-3-11(15)13(12)16/h2-7,17H,16H2,1H3. The number of halogens is 2. The third kappa shape index (κ3) is 3.10. The Bertz CT molecular complexity index is 743. The second kappa shape index (κ2) is 5.41. The predicted octanol–water partition coefficient (Wildman–Crippen LogP) is 3.28. The Kier molecular flexibility index (Phi) is 4.01. The normalized spacial score (nSPS) is 11.3. The molecular weight excluding hydrogens is 347 g/mol. The van der Waals surface area contributed by atoms with Gasteiger partial charge in [-0.2, -0.15) is 0 Å². The highest BCUT2D eigenvalue weighted by Gasteiger charge is 2.19. The lowest BCUT2D eigenvalue weighted by Gasteiger charge is -2.11. The minimum Gasteiger partial charge on any atom is -0.395 e. The van der Waals surface area contributed by atoms with Crippen molar-refractivity contribution in [3.8, 4) is 0 Å². The number of rotatable bonds is 3. The van der Waals surface area contributed by atoms with Crippen molar-refractivity contribution >= 4 is 37.3 Å². The van der Waals surface area contributed by atoms with Crippen molar-refractivity contribution in [2.75, 3.05) is 10.5 Å². The molecule has 106 valence electrons. The molecule has 0 aliphatic heterocycles. The number of sulfonamides is 1. The van der Waals surface area contributed by atoms with Crippen molar-refractivity contribution in [1.29, 1.82) is 0 Å². The molecule has 0 atom stereocenters. The molecule has 7 heteroatoms. The van der Waals surface area contributed by atoms with Crippen LogP contribution < -0.4 is 10.5 Å². The molecule has 2 aromatic carbocycles. The fourth-order valence-electron chi connectivity index (χ4n) is 1.76. The molecule has 0 unspecified atom stereocenters. The Balaban J connectivity index is 2.43. The summed E-state index contributed by atoms with van der Waals surface area (Å²) < 4.78 is 40.9. The van der Waals surface area contributed by atoms with Crippen molar-refractivity contribution in [3.05, 3.63) is 52.3 Å². The van der Waals surface area contributed by atoms with Gasteiger partial charge in [-0.1, -0.05) is 22.0 Å². The van der Waals surface area contributed by atoms with E-state index < -0.39 is 21.5 Å². The average Bonchev–Trinajstić information content (AvgIpc) is 2.30. The Morgan fingerprint density at radius 2 is 1.95 bits per heavy atom. The molecular formula is C13H12BrFN2O2S. The zero-order chi connectivity index (χ0) is 14.9. The molecule has 2 aromatic rings. The highest BCUT2D eigenvalue weighted by molar-refractivity contribution is 9.10. The smallest absolute Gasteiger partial charge is 0.264 e. The molecule has 0 amide bonds. The molecule has 0 aromatic heterocycles. The van der Waals surface area contributed by atoms with E-state index in [0.717, 1.165) is 16.1 Å². The summed E-state index contributed by atoms with van der Waals surface area (Å²) in [6.45, 7) is 1.83. The van der Waals surface area contributed by atoms with Crippen LogP contribution in [0.1, 0.15) is 5.56 Å². The first-order valence-corrected chi connectivity index (χ1v) is 7.91. The minimum absolute atomic E-state index is 0.282. The number of benzene rings is 2.